The van der Waals surface area contributed by atoms with E-state index in [1.165, 1.54) is 18.2 Å². The van der Waals surface area contributed by atoms with E-state index < -0.39 is 29.0 Å². The van der Waals surface area contributed by atoms with Gasteiger partial charge in [0.15, 0.2) is 0 Å². The molecule has 2 aromatic heterocycles. The summed E-state index contributed by atoms with van der Waals surface area (Å²) in [6.07, 6.45) is -4.74. The SMILES string of the molecule is Nc1ccc(-n2c(=O)c(C(=O)O)cc3ccc(C(F)(F)F)nc32)c(Cl)c1. The van der Waals surface area contributed by atoms with E-state index in [0.29, 0.717) is 6.07 Å². The van der Waals surface area contributed by atoms with Crippen LogP contribution in [-0.2, 0) is 6.18 Å². The minimum Gasteiger partial charge on any atom is -0.477 e. The van der Waals surface area contributed by atoms with Crippen LogP contribution in [0.2, 0.25) is 5.02 Å². The number of nitrogens with zero attached hydrogens (tertiary/aromatic N) is 2. The average molecular weight is 384 g/mol. The fourth-order valence-electron chi connectivity index (χ4n) is 2.42. The van der Waals surface area contributed by atoms with E-state index in [2.05, 4.69) is 4.98 Å². The second-order valence-electron chi connectivity index (χ2n) is 5.32. The summed E-state index contributed by atoms with van der Waals surface area (Å²) < 4.78 is 39.7. The second-order valence-corrected chi connectivity index (χ2v) is 5.73. The highest BCUT2D eigenvalue weighted by molar-refractivity contribution is 6.32. The molecular formula is C16H9ClF3N3O3. The molecule has 0 bridgehead atoms. The molecule has 0 saturated heterocycles. The zero-order chi connectivity index (χ0) is 19.2. The van der Waals surface area contributed by atoms with Crippen molar-refractivity contribution in [3.05, 3.63) is 63.0 Å². The molecule has 0 aliphatic carbocycles. The first-order valence-electron chi connectivity index (χ1n) is 7.02. The molecule has 3 N–H and O–H groups in total. The Morgan fingerprint density at radius 2 is 1.88 bits per heavy atom. The summed E-state index contributed by atoms with van der Waals surface area (Å²) in [5.74, 6) is -1.53. The lowest BCUT2D eigenvalue weighted by Crippen LogP contribution is -2.26. The zero-order valence-electron chi connectivity index (χ0n) is 12.7. The summed E-state index contributed by atoms with van der Waals surface area (Å²) in [4.78, 5) is 27.4. The van der Waals surface area contributed by atoms with Gasteiger partial charge in [-0.3, -0.25) is 9.36 Å². The minimum absolute atomic E-state index is 0.0305. The smallest absolute Gasteiger partial charge is 0.433 e. The van der Waals surface area contributed by atoms with E-state index in [0.717, 1.165) is 16.7 Å². The van der Waals surface area contributed by atoms with Crippen molar-refractivity contribution in [2.75, 3.05) is 5.73 Å². The van der Waals surface area contributed by atoms with Crippen molar-refractivity contribution in [1.29, 1.82) is 0 Å². The molecule has 0 spiro atoms. The largest absolute Gasteiger partial charge is 0.477 e. The third-order valence-corrected chi connectivity index (χ3v) is 3.89. The number of carboxylic acid groups (broad SMARTS) is 1. The summed E-state index contributed by atoms with van der Waals surface area (Å²) in [6, 6.07) is 6.67. The lowest BCUT2D eigenvalue weighted by molar-refractivity contribution is -0.141. The molecule has 10 heteroatoms. The molecule has 0 saturated carbocycles. The molecule has 26 heavy (non-hydrogen) atoms. The van der Waals surface area contributed by atoms with Crippen molar-refractivity contribution in [2.24, 2.45) is 0 Å². The Labute approximate surface area is 148 Å². The van der Waals surface area contributed by atoms with Gasteiger partial charge in [-0.25, -0.2) is 9.78 Å². The van der Waals surface area contributed by atoms with Gasteiger partial charge in [-0.05, 0) is 36.4 Å². The van der Waals surface area contributed by atoms with E-state index in [-0.39, 0.29) is 27.4 Å². The van der Waals surface area contributed by atoms with E-state index in [1.54, 1.807) is 0 Å². The second kappa shape index (κ2) is 6.03. The van der Waals surface area contributed by atoms with Crippen LogP contribution in [0, 0.1) is 0 Å². The highest BCUT2D eigenvalue weighted by Crippen LogP contribution is 2.30. The topological polar surface area (TPSA) is 98.2 Å². The van der Waals surface area contributed by atoms with Gasteiger partial charge >= 0.3 is 12.1 Å². The Bertz CT molecular complexity index is 1110. The number of nitrogens with two attached hydrogens (primary N) is 1. The summed E-state index contributed by atoms with van der Waals surface area (Å²) in [5.41, 5.74) is 2.51. The number of carboxylic acids is 1. The predicted octanol–water partition coefficient (Wildman–Crippen LogP) is 3.34. The van der Waals surface area contributed by atoms with Crippen molar-refractivity contribution >= 4 is 34.3 Å². The normalized spacial score (nSPS) is 11.7. The van der Waals surface area contributed by atoms with E-state index in [1.807, 2.05) is 0 Å². The maximum atomic E-state index is 13.0. The van der Waals surface area contributed by atoms with Crippen LogP contribution in [0.5, 0.6) is 0 Å². The van der Waals surface area contributed by atoms with Gasteiger partial charge in [0.05, 0.1) is 10.7 Å². The first kappa shape index (κ1) is 17.7. The van der Waals surface area contributed by atoms with Crippen molar-refractivity contribution < 1.29 is 23.1 Å². The number of hydrogen-bond acceptors (Lipinski definition) is 4. The average Bonchev–Trinajstić information content (AvgIpc) is 2.54. The van der Waals surface area contributed by atoms with Crippen LogP contribution < -0.4 is 11.3 Å². The maximum Gasteiger partial charge on any atom is 0.433 e. The molecule has 2 heterocycles. The van der Waals surface area contributed by atoms with Crippen LogP contribution in [0.4, 0.5) is 18.9 Å². The molecular weight excluding hydrogens is 375 g/mol. The van der Waals surface area contributed by atoms with Crippen LogP contribution in [-0.4, -0.2) is 20.6 Å². The van der Waals surface area contributed by atoms with Gasteiger partial charge in [0.1, 0.15) is 16.9 Å². The number of anilines is 1. The molecule has 134 valence electrons. The number of halogens is 4. The van der Waals surface area contributed by atoms with E-state index >= 15 is 0 Å². The van der Waals surface area contributed by atoms with Crippen molar-refractivity contribution in [2.45, 2.75) is 6.18 Å². The number of pyridine rings is 2. The quantitative estimate of drug-likeness (QED) is 0.661. The van der Waals surface area contributed by atoms with E-state index in [4.69, 9.17) is 17.3 Å². The third-order valence-electron chi connectivity index (χ3n) is 3.58. The highest BCUT2D eigenvalue weighted by Gasteiger charge is 2.33. The first-order valence-corrected chi connectivity index (χ1v) is 7.40. The Kier molecular flexibility index (Phi) is 4.11. The Balaban J connectivity index is 2.49. The number of carbonyl (C=O) groups is 1. The molecule has 6 nitrogen and oxygen atoms in total. The number of rotatable bonds is 2. The van der Waals surface area contributed by atoms with Gasteiger partial charge in [0.25, 0.3) is 5.56 Å². The Morgan fingerprint density at radius 1 is 1.19 bits per heavy atom. The molecule has 0 aliphatic heterocycles. The van der Waals surface area contributed by atoms with Gasteiger partial charge < -0.3 is 10.8 Å². The van der Waals surface area contributed by atoms with Gasteiger partial charge in [-0.15, -0.1) is 0 Å². The summed E-state index contributed by atoms with van der Waals surface area (Å²) in [6.45, 7) is 0. The number of hydrogen-bond donors (Lipinski definition) is 2. The molecule has 0 radical (unpaired) electrons. The maximum absolute atomic E-state index is 13.0. The van der Waals surface area contributed by atoms with Crippen LogP contribution >= 0.6 is 11.6 Å². The number of aromatic nitrogens is 2. The number of aromatic carboxylic acids is 1. The molecule has 0 amide bonds. The molecule has 0 unspecified atom stereocenters. The van der Waals surface area contributed by atoms with Crippen LogP contribution in [0.3, 0.4) is 0 Å². The van der Waals surface area contributed by atoms with Gasteiger partial charge in [0.2, 0.25) is 0 Å². The summed E-state index contributed by atoms with van der Waals surface area (Å²) in [7, 11) is 0. The summed E-state index contributed by atoms with van der Waals surface area (Å²) >= 11 is 6.06. The van der Waals surface area contributed by atoms with Crippen LogP contribution in [0.1, 0.15) is 16.1 Å². The number of alkyl halides is 3. The molecule has 0 atom stereocenters. The number of fused-ring (bicyclic) bond motifs is 1. The minimum atomic E-state index is -4.74. The van der Waals surface area contributed by atoms with Crippen LogP contribution in [0.25, 0.3) is 16.7 Å². The fraction of sp³-hybridized carbons (Fsp3) is 0.0625. The van der Waals surface area contributed by atoms with Gasteiger partial charge in [0, 0.05) is 11.1 Å². The van der Waals surface area contributed by atoms with Gasteiger partial charge in [-0.2, -0.15) is 13.2 Å². The monoisotopic (exact) mass is 383 g/mol. The molecule has 3 aromatic rings. The zero-order valence-corrected chi connectivity index (χ0v) is 13.5. The predicted molar refractivity (Wildman–Crippen MR) is 88.7 cm³/mol. The fourth-order valence-corrected chi connectivity index (χ4v) is 2.70. The molecule has 1 aromatic carbocycles. The molecule has 0 aliphatic rings. The standard InChI is InChI=1S/C16H9ClF3N3O3/c17-10-6-8(21)2-3-11(10)23-13-7(5-9(14(23)24)15(25)26)1-4-12(22-13)16(18,19)20/h1-6H,21H2,(H,25,26). The molecule has 3 rings (SSSR count). The number of benzene rings is 1. The van der Waals surface area contributed by atoms with E-state index in [9.17, 15) is 27.9 Å². The lowest BCUT2D eigenvalue weighted by Gasteiger charge is -2.14. The van der Waals surface area contributed by atoms with Crippen molar-refractivity contribution in [3.63, 3.8) is 0 Å². The molecule has 0 fully saturated rings. The summed E-state index contributed by atoms with van der Waals surface area (Å²) in [5, 5.41) is 9.21. The number of nitrogen functional groups attached to an aromatic ring is 1. The van der Waals surface area contributed by atoms with Crippen molar-refractivity contribution in [3.8, 4) is 5.69 Å². The third kappa shape index (κ3) is 2.97. The lowest BCUT2D eigenvalue weighted by atomic mass is 10.1. The Morgan fingerprint density at radius 3 is 2.46 bits per heavy atom. The Hall–Kier alpha value is -3.07. The highest BCUT2D eigenvalue weighted by atomic mass is 35.5. The first-order chi connectivity index (χ1) is 12.1. The van der Waals surface area contributed by atoms with Gasteiger partial charge in [-0.1, -0.05) is 11.6 Å². The van der Waals surface area contributed by atoms with Crippen LogP contribution in [0.15, 0.2) is 41.2 Å². The van der Waals surface area contributed by atoms with Crippen molar-refractivity contribution in [1.82, 2.24) is 9.55 Å².